The highest BCUT2D eigenvalue weighted by Crippen LogP contribution is 2.24. The van der Waals surface area contributed by atoms with Gasteiger partial charge in [0.2, 0.25) is 5.88 Å². The smallest absolute Gasteiger partial charge is 0.272 e. The minimum Gasteiger partial charge on any atom is -0.475 e. The summed E-state index contributed by atoms with van der Waals surface area (Å²) in [4.78, 5) is 16.6. The monoisotopic (exact) mass is 420 g/mol. The molecule has 1 aromatic carbocycles. The molecule has 2 heterocycles. The van der Waals surface area contributed by atoms with E-state index in [4.69, 9.17) is 32.7 Å². The second-order valence-corrected chi connectivity index (χ2v) is 6.55. The number of pyridine rings is 1. The molecule has 0 radical (unpaired) electrons. The van der Waals surface area contributed by atoms with Crippen molar-refractivity contribution < 1.29 is 14.3 Å². The van der Waals surface area contributed by atoms with Gasteiger partial charge in [0, 0.05) is 31.6 Å². The Morgan fingerprint density at radius 3 is 2.82 bits per heavy atom. The molecule has 146 valence electrons. The van der Waals surface area contributed by atoms with Gasteiger partial charge in [0.25, 0.3) is 5.91 Å². The number of aromatic nitrogens is 3. The Morgan fingerprint density at radius 2 is 2.04 bits per heavy atom. The molecule has 1 N–H and O–H groups in total. The fraction of sp³-hybridized carbons (Fsp3) is 0.211. The maximum atomic E-state index is 12.4. The summed E-state index contributed by atoms with van der Waals surface area (Å²) < 4.78 is 12.1. The highest BCUT2D eigenvalue weighted by molar-refractivity contribution is 6.42. The van der Waals surface area contributed by atoms with E-state index in [2.05, 4.69) is 15.4 Å². The third-order valence-electron chi connectivity index (χ3n) is 3.81. The van der Waals surface area contributed by atoms with Crippen LogP contribution < -0.4 is 10.1 Å². The van der Waals surface area contributed by atoms with Crippen LogP contribution in [0.2, 0.25) is 10.0 Å². The van der Waals surface area contributed by atoms with E-state index in [0.29, 0.717) is 34.8 Å². The van der Waals surface area contributed by atoms with Crippen LogP contribution in [0.1, 0.15) is 16.1 Å². The summed E-state index contributed by atoms with van der Waals surface area (Å²) in [6.07, 6.45) is 3.31. The van der Waals surface area contributed by atoms with E-state index < -0.39 is 0 Å². The summed E-state index contributed by atoms with van der Waals surface area (Å²) in [6.45, 7) is 1.09. The van der Waals surface area contributed by atoms with Crippen LogP contribution in [0, 0.1) is 0 Å². The van der Waals surface area contributed by atoms with Crippen LogP contribution in [-0.2, 0) is 11.3 Å². The van der Waals surface area contributed by atoms with Gasteiger partial charge in [0.15, 0.2) is 5.69 Å². The second kappa shape index (κ2) is 9.54. The first kappa shape index (κ1) is 20.1. The molecule has 0 saturated carbocycles. The van der Waals surface area contributed by atoms with E-state index in [-0.39, 0.29) is 18.1 Å². The van der Waals surface area contributed by atoms with Crippen LogP contribution >= 0.6 is 23.2 Å². The van der Waals surface area contributed by atoms with Crippen molar-refractivity contribution in [1.82, 2.24) is 20.1 Å². The zero-order chi connectivity index (χ0) is 19.9. The largest absolute Gasteiger partial charge is 0.475 e. The topological polar surface area (TPSA) is 78.3 Å². The first-order valence-corrected chi connectivity index (χ1v) is 9.19. The normalized spacial score (nSPS) is 10.7. The van der Waals surface area contributed by atoms with Crippen LogP contribution in [0.25, 0.3) is 5.69 Å². The summed E-state index contributed by atoms with van der Waals surface area (Å²) in [5.41, 5.74) is 1.74. The molecule has 0 aliphatic heterocycles. The average molecular weight is 421 g/mol. The highest BCUT2D eigenvalue weighted by Gasteiger charge is 2.12. The zero-order valence-corrected chi connectivity index (χ0v) is 16.6. The van der Waals surface area contributed by atoms with E-state index in [9.17, 15) is 4.79 Å². The van der Waals surface area contributed by atoms with E-state index in [0.717, 1.165) is 5.56 Å². The Morgan fingerprint density at radius 1 is 1.18 bits per heavy atom. The molecule has 9 heteroatoms. The van der Waals surface area contributed by atoms with E-state index in [1.165, 1.54) is 0 Å². The number of carbonyl (C=O) groups is 1. The number of amides is 1. The number of halogens is 2. The Bertz CT molecular complexity index is 962. The Kier molecular flexibility index (Phi) is 6.86. The highest BCUT2D eigenvalue weighted by atomic mass is 35.5. The molecule has 0 aliphatic carbocycles. The van der Waals surface area contributed by atoms with Crippen molar-refractivity contribution >= 4 is 29.1 Å². The fourth-order valence-corrected chi connectivity index (χ4v) is 2.69. The Hall–Kier alpha value is -2.61. The van der Waals surface area contributed by atoms with Crippen LogP contribution in [0.3, 0.4) is 0 Å². The number of hydrogen-bond acceptors (Lipinski definition) is 5. The predicted molar refractivity (Wildman–Crippen MR) is 106 cm³/mol. The summed E-state index contributed by atoms with van der Waals surface area (Å²) in [5, 5.41) is 7.97. The van der Waals surface area contributed by atoms with Crippen molar-refractivity contribution in [3.63, 3.8) is 0 Å². The number of hydrogen-bond donors (Lipinski definition) is 1. The molecule has 0 bridgehead atoms. The Balaban J connectivity index is 1.65. The molecule has 7 nitrogen and oxygen atoms in total. The minimum absolute atomic E-state index is 0.259. The molecule has 0 spiro atoms. The molecule has 0 atom stereocenters. The molecular weight excluding hydrogens is 403 g/mol. The maximum absolute atomic E-state index is 12.4. The summed E-state index contributed by atoms with van der Waals surface area (Å²) >= 11 is 12.0. The molecule has 3 aromatic rings. The third-order valence-corrected chi connectivity index (χ3v) is 4.54. The fourth-order valence-electron chi connectivity index (χ4n) is 2.39. The van der Waals surface area contributed by atoms with Gasteiger partial charge in [-0.25, -0.2) is 9.67 Å². The lowest BCUT2D eigenvalue weighted by Gasteiger charge is -2.10. The second-order valence-electron chi connectivity index (χ2n) is 5.74. The quantitative estimate of drug-likeness (QED) is 0.563. The lowest BCUT2D eigenvalue weighted by atomic mass is 10.2. The molecule has 0 unspecified atom stereocenters. The molecule has 0 fully saturated rings. The average Bonchev–Trinajstić information content (AvgIpc) is 3.19. The van der Waals surface area contributed by atoms with Crippen molar-refractivity contribution in [2.24, 2.45) is 0 Å². The van der Waals surface area contributed by atoms with Crippen molar-refractivity contribution in [3.05, 3.63) is 70.1 Å². The van der Waals surface area contributed by atoms with Gasteiger partial charge in [-0.15, -0.1) is 0 Å². The van der Waals surface area contributed by atoms with Crippen LogP contribution in [0.4, 0.5) is 0 Å². The molecule has 28 heavy (non-hydrogen) atoms. The first-order chi connectivity index (χ1) is 13.6. The van der Waals surface area contributed by atoms with Gasteiger partial charge < -0.3 is 14.8 Å². The molecule has 0 aliphatic rings. The number of nitrogens with one attached hydrogen (secondary N) is 1. The number of benzene rings is 1. The molecule has 1 amide bonds. The number of nitrogens with zero attached hydrogens (tertiary/aromatic N) is 3. The van der Waals surface area contributed by atoms with Gasteiger partial charge in [0.05, 0.1) is 22.3 Å². The number of carbonyl (C=O) groups excluding carboxylic acids is 1. The van der Waals surface area contributed by atoms with Crippen LogP contribution in [-0.4, -0.2) is 41.0 Å². The summed E-state index contributed by atoms with van der Waals surface area (Å²) in [6, 6.07) is 10.4. The molecule has 3 rings (SSSR count). The minimum atomic E-state index is -0.314. The van der Waals surface area contributed by atoms with Gasteiger partial charge >= 0.3 is 0 Å². The lowest BCUT2D eigenvalue weighted by molar-refractivity contribution is 0.0944. The number of ether oxygens (including phenoxy) is 2. The zero-order valence-electron chi connectivity index (χ0n) is 15.1. The summed E-state index contributed by atoms with van der Waals surface area (Å²) in [7, 11) is 1.60. The van der Waals surface area contributed by atoms with Crippen LogP contribution in [0.5, 0.6) is 5.88 Å². The van der Waals surface area contributed by atoms with Crippen LogP contribution in [0.15, 0.2) is 48.8 Å². The number of methoxy groups -OCH3 is 1. The van der Waals surface area contributed by atoms with E-state index in [1.54, 1.807) is 54.5 Å². The lowest BCUT2D eigenvalue weighted by Crippen LogP contribution is -2.24. The maximum Gasteiger partial charge on any atom is 0.272 e. The van der Waals surface area contributed by atoms with Gasteiger partial charge in [0.1, 0.15) is 6.61 Å². The van der Waals surface area contributed by atoms with E-state index >= 15 is 0 Å². The predicted octanol–water partition coefficient (Wildman–Crippen LogP) is 3.53. The van der Waals surface area contributed by atoms with Crippen molar-refractivity contribution in [2.45, 2.75) is 6.54 Å². The summed E-state index contributed by atoms with van der Waals surface area (Å²) in [5.74, 6) is 0.145. The SMILES string of the molecule is COCCOc1ncccc1CNC(=O)c1ccn(-c2ccc(Cl)c(Cl)c2)n1. The van der Waals surface area contributed by atoms with Crippen molar-refractivity contribution in [2.75, 3.05) is 20.3 Å². The number of rotatable bonds is 8. The third kappa shape index (κ3) is 5.01. The Labute approximate surface area is 172 Å². The standard InChI is InChI=1S/C19H18Cl2N4O3/c1-27-9-10-28-19-13(3-2-7-22-19)12-23-18(26)17-6-8-25(24-17)14-4-5-15(20)16(21)11-14/h2-8,11H,9-10,12H2,1H3,(H,23,26). The van der Waals surface area contributed by atoms with Gasteiger partial charge in [-0.3, -0.25) is 4.79 Å². The van der Waals surface area contributed by atoms with Crippen molar-refractivity contribution in [1.29, 1.82) is 0 Å². The van der Waals surface area contributed by atoms with Gasteiger partial charge in [-0.1, -0.05) is 29.3 Å². The van der Waals surface area contributed by atoms with Gasteiger partial charge in [-0.2, -0.15) is 5.10 Å². The van der Waals surface area contributed by atoms with Crippen molar-refractivity contribution in [3.8, 4) is 11.6 Å². The molecule has 2 aromatic heterocycles. The first-order valence-electron chi connectivity index (χ1n) is 8.43. The van der Waals surface area contributed by atoms with E-state index in [1.807, 2.05) is 6.07 Å². The molecular formula is C19H18Cl2N4O3. The molecule has 0 saturated heterocycles. The van der Waals surface area contributed by atoms with Gasteiger partial charge in [-0.05, 0) is 30.3 Å².